The van der Waals surface area contributed by atoms with Crippen LogP contribution in [0.1, 0.15) is 19.3 Å². The molecule has 3 aliphatic rings. The van der Waals surface area contributed by atoms with Crippen LogP contribution in [-0.2, 0) is 4.79 Å². The molecule has 0 aromatic carbocycles. The molecule has 1 spiro atoms. The van der Waals surface area contributed by atoms with Gasteiger partial charge in [-0.15, -0.1) is 0 Å². The second-order valence-electron chi connectivity index (χ2n) is 3.87. The van der Waals surface area contributed by atoms with E-state index in [1.807, 2.05) is 0 Å². The first kappa shape index (κ1) is 5.11. The Balaban J connectivity index is 2.13. The Kier molecular flexibility index (Phi) is 0.627. The average molecular weight is 134 g/mol. The van der Waals surface area contributed by atoms with Crippen LogP contribution in [-0.4, -0.2) is 5.78 Å². The molecule has 0 aromatic heterocycles. The summed E-state index contributed by atoms with van der Waals surface area (Å²) in [6.07, 6.45) is 7.87. The fraction of sp³-hybridized carbons (Fsp3) is 0.667. The zero-order chi connectivity index (χ0) is 6.77. The molecule has 10 heavy (non-hydrogen) atoms. The molecule has 52 valence electrons. The van der Waals surface area contributed by atoms with Crippen molar-refractivity contribution in [2.75, 3.05) is 0 Å². The van der Waals surface area contributed by atoms with Crippen LogP contribution in [0.4, 0.5) is 0 Å². The minimum atomic E-state index is 0.345. The standard InChI is InChI=1S/C9H10O/c10-8-5-6-1-2-7(8)9(6)3-4-9/h1-2,6-7H,3-5H2/t6-,7+/m0/s1. The van der Waals surface area contributed by atoms with Gasteiger partial charge in [0.25, 0.3) is 0 Å². The minimum Gasteiger partial charge on any atom is -0.299 e. The lowest BCUT2D eigenvalue weighted by Crippen LogP contribution is -2.10. The van der Waals surface area contributed by atoms with Crippen LogP contribution in [0.15, 0.2) is 12.2 Å². The maximum absolute atomic E-state index is 11.2. The molecule has 0 saturated heterocycles. The van der Waals surface area contributed by atoms with Gasteiger partial charge in [0.2, 0.25) is 0 Å². The van der Waals surface area contributed by atoms with Gasteiger partial charge >= 0.3 is 0 Å². The van der Waals surface area contributed by atoms with Gasteiger partial charge in [0.05, 0.1) is 0 Å². The summed E-state index contributed by atoms with van der Waals surface area (Å²) < 4.78 is 0. The largest absolute Gasteiger partial charge is 0.299 e. The molecular weight excluding hydrogens is 124 g/mol. The summed E-state index contributed by atoms with van der Waals surface area (Å²) in [5.41, 5.74) is 0.483. The topological polar surface area (TPSA) is 17.1 Å². The summed E-state index contributed by atoms with van der Waals surface area (Å²) in [5, 5.41) is 0. The normalized spacial score (nSPS) is 45.4. The minimum absolute atomic E-state index is 0.345. The van der Waals surface area contributed by atoms with E-state index in [1.54, 1.807) is 0 Å². The van der Waals surface area contributed by atoms with Crippen molar-refractivity contribution in [2.24, 2.45) is 17.3 Å². The molecule has 3 rings (SSSR count). The van der Waals surface area contributed by atoms with E-state index >= 15 is 0 Å². The van der Waals surface area contributed by atoms with Crippen molar-refractivity contribution < 1.29 is 4.79 Å². The third-order valence-corrected chi connectivity index (χ3v) is 3.49. The smallest absolute Gasteiger partial charge is 0.140 e. The van der Waals surface area contributed by atoms with Crippen LogP contribution < -0.4 is 0 Å². The highest BCUT2D eigenvalue weighted by Crippen LogP contribution is 2.66. The zero-order valence-corrected chi connectivity index (χ0v) is 5.84. The highest BCUT2D eigenvalue weighted by Gasteiger charge is 2.62. The predicted octanol–water partition coefficient (Wildman–Crippen LogP) is 1.54. The quantitative estimate of drug-likeness (QED) is 0.459. The van der Waals surface area contributed by atoms with Crippen LogP contribution >= 0.6 is 0 Å². The molecule has 3 aliphatic carbocycles. The second kappa shape index (κ2) is 1.23. The van der Waals surface area contributed by atoms with Crippen LogP contribution in [0.25, 0.3) is 0 Å². The summed E-state index contributed by atoms with van der Waals surface area (Å²) in [6, 6.07) is 0. The van der Waals surface area contributed by atoms with Gasteiger partial charge in [0, 0.05) is 12.3 Å². The van der Waals surface area contributed by atoms with Crippen molar-refractivity contribution in [1.82, 2.24) is 0 Å². The Labute approximate surface area is 60.1 Å². The van der Waals surface area contributed by atoms with Gasteiger partial charge in [-0.2, -0.15) is 0 Å². The molecule has 2 fully saturated rings. The number of allylic oxidation sites excluding steroid dienone is 2. The molecule has 0 radical (unpaired) electrons. The van der Waals surface area contributed by atoms with E-state index in [0.717, 1.165) is 6.42 Å². The lowest BCUT2D eigenvalue weighted by atomic mass is 9.93. The Bertz CT molecular complexity index is 235. The van der Waals surface area contributed by atoms with E-state index in [9.17, 15) is 4.79 Å². The molecule has 2 saturated carbocycles. The van der Waals surface area contributed by atoms with Gasteiger partial charge in [-0.05, 0) is 24.2 Å². The van der Waals surface area contributed by atoms with Gasteiger partial charge in [-0.1, -0.05) is 12.2 Å². The number of carbonyl (C=O) groups is 1. The molecule has 1 heteroatoms. The van der Waals surface area contributed by atoms with E-state index in [2.05, 4.69) is 12.2 Å². The Hall–Kier alpha value is -0.590. The second-order valence-corrected chi connectivity index (χ2v) is 3.87. The molecule has 0 aromatic rings. The molecule has 1 nitrogen and oxygen atoms in total. The van der Waals surface area contributed by atoms with Crippen LogP contribution in [0.3, 0.4) is 0 Å². The fourth-order valence-corrected chi connectivity index (χ4v) is 2.73. The van der Waals surface area contributed by atoms with Gasteiger partial charge in [0.1, 0.15) is 5.78 Å². The number of ketones is 1. The van der Waals surface area contributed by atoms with Gasteiger partial charge in [0.15, 0.2) is 0 Å². The maximum atomic E-state index is 11.2. The molecule has 0 N–H and O–H groups in total. The van der Waals surface area contributed by atoms with Crippen LogP contribution in [0.2, 0.25) is 0 Å². The Morgan fingerprint density at radius 1 is 1.40 bits per heavy atom. The number of carbonyl (C=O) groups excluding carboxylic acids is 1. The Morgan fingerprint density at radius 2 is 2.20 bits per heavy atom. The number of hydrogen-bond donors (Lipinski definition) is 0. The highest BCUT2D eigenvalue weighted by atomic mass is 16.1. The number of hydrogen-bond acceptors (Lipinski definition) is 1. The van der Waals surface area contributed by atoms with Gasteiger partial charge in [-0.3, -0.25) is 4.79 Å². The van der Waals surface area contributed by atoms with E-state index in [0.29, 0.717) is 23.0 Å². The number of rotatable bonds is 0. The third kappa shape index (κ3) is 0.352. The summed E-state index contributed by atoms with van der Waals surface area (Å²) in [7, 11) is 0. The van der Waals surface area contributed by atoms with Crippen LogP contribution in [0.5, 0.6) is 0 Å². The lowest BCUT2D eigenvalue weighted by molar-refractivity contribution is -0.120. The maximum Gasteiger partial charge on any atom is 0.140 e. The fourth-order valence-electron chi connectivity index (χ4n) is 2.73. The first-order valence-electron chi connectivity index (χ1n) is 4.04. The van der Waals surface area contributed by atoms with Crippen molar-refractivity contribution in [3.8, 4) is 0 Å². The van der Waals surface area contributed by atoms with Crippen LogP contribution in [0, 0.1) is 17.3 Å². The van der Waals surface area contributed by atoms with Crippen molar-refractivity contribution in [1.29, 1.82) is 0 Å². The molecular formula is C9H10O. The molecule has 0 aliphatic heterocycles. The lowest BCUT2D eigenvalue weighted by Gasteiger charge is -2.09. The van der Waals surface area contributed by atoms with E-state index in [1.165, 1.54) is 12.8 Å². The van der Waals surface area contributed by atoms with E-state index < -0.39 is 0 Å². The SMILES string of the molecule is O=C1C[C@@H]2C=C[C@H]1C21CC1. The highest BCUT2D eigenvalue weighted by molar-refractivity contribution is 5.89. The van der Waals surface area contributed by atoms with E-state index in [4.69, 9.17) is 0 Å². The molecule has 2 atom stereocenters. The molecule has 0 amide bonds. The summed E-state index contributed by atoms with van der Waals surface area (Å²) >= 11 is 0. The summed E-state index contributed by atoms with van der Waals surface area (Å²) in [5.74, 6) is 1.49. The zero-order valence-electron chi connectivity index (χ0n) is 5.84. The summed E-state index contributed by atoms with van der Waals surface area (Å²) in [4.78, 5) is 11.2. The number of Topliss-reactive ketones (excluding diaryl/α,β-unsaturated/α-hetero) is 1. The Morgan fingerprint density at radius 3 is 2.50 bits per heavy atom. The van der Waals surface area contributed by atoms with Crippen molar-refractivity contribution in [2.45, 2.75) is 19.3 Å². The molecule has 0 heterocycles. The molecule has 0 unspecified atom stereocenters. The predicted molar refractivity (Wildman–Crippen MR) is 37.4 cm³/mol. The van der Waals surface area contributed by atoms with E-state index in [-0.39, 0.29) is 0 Å². The average Bonchev–Trinajstić information content (AvgIpc) is 2.55. The van der Waals surface area contributed by atoms with Crippen molar-refractivity contribution >= 4 is 5.78 Å². The third-order valence-electron chi connectivity index (χ3n) is 3.49. The van der Waals surface area contributed by atoms with Crippen molar-refractivity contribution in [3.05, 3.63) is 12.2 Å². The van der Waals surface area contributed by atoms with Crippen molar-refractivity contribution in [3.63, 3.8) is 0 Å². The van der Waals surface area contributed by atoms with Gasteiger partial charge in [-0.25, -0.2) is 0 Å². The first-order chi connectivity index (χ1) is 4.83. The first-order valence-corrected chi connectivity index (χ1v) is 4.04. The monoisotopic (exact) mass is 134 g/mol. The molecule has 2 bridgehead atoms. The summed E-state index contributed by atoms with van der Waals surface area (Å²) in [6.45, 7) is 0. The van der Waals surface area contributed by atoms with Gasteiger partial charge < -0.3 is 0 Å².